The number of hydrogen-bond donors (Lipinski definition) is 2. The zero-order chi connectivity index (χ0) is 13.5. The van der Waals surface area contributed by atoms with Crippen molar-refractivity contribution in [3.8, 4) is 0 Å². The molecule has 106 valence electrons. The molecule has 0 spiro atoms. The van der Waals surface area contributed by atoms with Gasteiger partial charge in [0.25, 0.3) is 0 Å². The van der Waals surface area contributed by atoms with Crippen LogP contribution in [0.5, 0.6) is 0 Å². The van der Waals surface area contributed by atoms with Crippen LogP contribution in [0.2, 0.25) is 0 Å². The van der Waals surface area contributed by atoms with Crippen LogP contribution in [0.3, 0.4) is 0 Å². The number of piperidine rings is 1. The maximum atomic E-state index is 9.71. The third kappa shape index (κ3) is 4.35. The third-order valence-corrected chi connectivity index (χ3v) is 3.46. The fourth-order valence-electron chi connectivity index (χ4n) is 2.37. The molecule has 0 bridgehead atoms. The molecule has 1 atom stereocenters. The molecule has 1 saturated heterocycles. The molecule has 1 aromatic rings. The summed E-state index contributed by atoms with van der Waals surface area (Å²) in [6, 6.07) is 1.98. The van der Waals surface area contributed by atoms with Gasteiger partial charge in [-0.3, -0.25) is 0 Å². The van der Waals surface area contributed by atoms with E-state index in [2.05, 4.69) is 27.1 Å². The number of aromatic nitrogens is 2. The quantitative estimate of drug-likeness (QED) is 0.770. The lowest BCUT2D eigenvalue weighted by atomic mass is 10.1. The van der Waals surface area contributed by atoms with Gasteiger partial charge >= 0.3 is 0 Å². The fourth-order valence-corrected chi connectivity index (χ4v) is 2.37. The number of nitrogens with zero attached hydrogens (tertiary/aromatic N) is 3. The number of unbranched alkanes of at least 4 members (excludes halogenated alkanes) is 2. The summed E-state index contributed by atoms with van der Waals surface area (Å²) in [5, 5.41) is 13.0. The molecule has 1 aliphatic heterocycles. The average molecular weight is 264 g/mol. The minimum absolute atomic E-state index is 0.232. The highest BCUT2D eigenvalue weighted by molar-refractivity contribution is 5.48. The number of anilines is 2. The first kappa shape index (κ1) is 14.1. The van der Waals surface area contributed by atoms with E-state index in [1.165, 1.54) is 12.8 Å². The van der Waals surface area contributed by atoms with Crippen LogP contribution in [0, 0.1) is 0 Å². The molecular weight excluding hydrogens is 240 g/mol. The highest BCUT2D eigenvalue weighted by Crippen LogP contribution is 2.19. The summed E-state index contributed by atoms with van der Waals surface area (Å²) in [6.45, 7) is 4.78. The van der Waals surface area contributed by atoms with Crippen LogP contribution in [-0.4, -0.2) is 40.8 Å². The van der Waals surface area contributed by atoms with Crippen molar-refractivity contribution < 1.29 is 5.11 Å². The molecule has 1 fully saturated rings. The first-order valence-electron chi connectivity index (χ1n) is 7.28. The Labute approximate surface area is 115 Å². The fraction of sp³-hybridized carbons (Fsp3) is 0.714. The molecule has 5 nitrogen and oxygen atoms in total. The Bertz CT molecular complexity index is 385. The van der Waals surface area contributed by atoms with Gasteiger partial charge in [-0.25, -0.2) is 9.97 Å². The van der Waals surface area contributed by atoms with Gasteiger partial charge in [0.1, 0.15) is 18.0 Å². The van der Waals surface area contributed by atoms with Crippen LogP contribution >= 0.6 is 0 Å². The van der Waals surface area contributed by atoms with E-state index in [0.717, 1.165) is 44.0 Å². The molecule has 1 aromatic heterocycles. The molecule has 5 heteroatoms. The van der Waals surface area contributed by atoms with Crippen LogP contribution in [0.15, 0.2) is 12.4 Å². The van der Waals surface area contributed by atoms with Crippen molar-refractivity contribution in [3.63, 3.8) is 0 Å². The number of aliphatic hydroxyl groups is 1. The van der Waals surface area contributed by atoms with Crippen molar-refractivity contribution in [2.45, 2.75) is 45.1 Å². The van der Waals surface area contributed by atoms with Gasteiger partial charge in [0, 0.05) is 25.7 Å². The summed E-state index contributed by atoms with van der Waals surface area (Å²) in [4.78, 5) is 10.7. The van der Waals surface area contributed by atoms with Gasteiger partial charge in [0.05, 0.1) is 6.10 Å². The lowest BCUT2D eigenvalue weighted by molar-refractivity contribution is 0.154. The van der Waals surface area contributed by atoms with Crippen LogP contribution in [0.25, 0.3) is 0 Å². The second-order valence-corrected chi connectivity index (χ2v) is 5.14. The van der Waals surface area contributed by atoms with Gasteiger partial charge in [-0.05, 0) is 19.3 Å². The Morgan fingerprint density at radius 2 is 2.32 bits per heavy atom. The second kappa shape index (κ2) is 7.28. The predicted octanol–water partition coefficient (Wildman–Crippen LogP) is 2.04. The first-order chi connectivity index (χ1) is 9.29. The van der Waals surface area contributed by atoms with E-state index in [9.17, 15) is 5.11 Å². The van der Waals surface area contributed by atoms with Crippen molar-refractivity contribution in [1.82, 2.24) is 9.97 Å². The van der Waals surface area contributed by atoms with E-state index in [1.54, 1.807) is 6.33 Å². The van der Waals surface area contributed by atoms with Gasteiger partial charge in [0.15, 0.2) is 0 Å². The minimum Gasteiger partial charge on any atom is -0.391 e. The van der Waals surface area contributed by atoms with Gasteiger partial charge < -0.3 is 15.3 Å². The summed E-state index contributed by atoms with van der Waals surface area (Å²) >= 11 is 0. The van der Waals surface area contributed by atoms with E-state index >= 15 is 0 Å². The zero-order valence-corrected chi connectivity index (χ0v) is 11.7. The molecule has 0 amide bonds. The highest BCUT2D eigenvalue weighted by Gasteiger charge is 2.18. The van der Waals surface area contributed by atoms with E-state index in [-0.39, 0.29) is 6.10 Å². The minimum atomic E-state index is -0.232. The molecule has 19 heavy (non-hydrogen) atoms. The van der Waals surface area contributed by atoms with Crippen molar-refractivity contribution in [2.24, 2.45) is 0 Å². The highest BCUT2D eigenvalue weighted by atomic mass is 16.3. The predicted molar refractivity (Wildman–Crippen MR) is 77.5 cm³/mol. The number of hydrogen-bond acceptors (Lipinski definition) is 5. The first-order valence-corrected chi connectivity index (χ1v) is 7.28. The molecule has 0 aromatic carbocycles. The maximum absolute atomic E-state index is 9.71. The van der Waals surface area contributed by atoms with Crippen LogP contribution in [0.4, 0.5) is 11.6 Å². The van der Waals surface area contributed by atoms with Crippen LogP contribution in [0.1, 0.15) is 39.0 Å². The lowest BCUT2D eigenvalue weighted by Crippen LogP contribution is -2.38. The Hall–Kier alpha value is -1.36. The van der Waals surface area contributed by atoms with E-state index in [0.29, 0.717) is 6.54 Å². The topological polar surface area (TPSA) is 61.3 Å². The second-order valence-electron chi connectivity index (χ2n) is 5.14. The maximum Gasteiger partial charge on any atom is 0.134 e. The summed E-state index contributed by atoms with van der Waals surface area (Å²) in [5.74, 6) is 1.79. The molecule has 2 N–H and O–H groups in total. The normalized spacial score (nSPS) is 19.5. The molecule has 1 aliphatic rings. The molecule has 0 saturated carbocycles. The Kier molecular flexibility index (Phi) is 5.39. The Morgan fingerprint density at radius 3 is 3.11 bits per heavy atom. The van der Waals surface area contributed by atoms with Gasteiger partial charge in [-0.1, -0.05) is 19.8 Å². The molecule has 2 heterocycles. The van der Waals surface area contributed by atoms with E-state index in [1.807, 2.05) is 6.07 Å². The molecule has 2 rings (SSSR count). The lowest BCUT2D eigenvalue weighted by Gasteiger charge is -2.31. The largest absolute Gasteiger partial charge is 0.391 e. The molecule has 1 unspecified atom stereocenters. The summed E-state index contributed by atoms with van der Waals surface area (Å²) in [5.41, 5.74) is 0. The zero-order valence-electron chi connectivity index (χ0n) is 11.7. The number of nitrogens with one attached hydrogen (secondary N) is 1. The van der Waals surface area contributed by atoms with Crippen LogP contribution < -0.4 is 10.2 Å². The van der Waals surface area contributed by atoms with Gasteiger partial charge in [0.2, 0.25) is 0 Å². The van der Waals surface area contributed by atoms with Crippen molar-refractivity contribution in [1.29, 1.82) is 0 Å². The monoisotopic (exact) mass is 264 g/mol. The Morgan fingerprint density at radius 1 is 1.42 bits per heavy atom. The van der Waals surface area contributed by atoms with Crippen molar-refractivity contribution in [2.75, 3.05) is 29.9 Å². The number of aliphatic hydroxyl groups excluding tert-OH is 1. The summed E-state index contributed by atoms with van der Waals surface area (Å²) in [6.07, 6.45) is 6.90. The Balaban J connectivity index is 1.90. The summed E-state index contributed by atoms with van der Waals surface area (Å²) in [7, 11) is 0. The SMILES string of the molecule is CCCCCNc1cc(N2CCCC(O)C2)ncn1. The van der Waals surface area contributed by atoms with E-state index in [4.69, 9.17) is 0 Å². The van der Waals surface area contributed by atoms with Gasteiger partial charge in [-0.2, -0.15) is 0 Å². The number of β-amino-alcohol motifs (C(OH)–C–C–N with tert-alkyl or cyclic N) is 1. The average Bonchev–Trinajstić information content (AvgIpc) is 2.44. The standard InChI is InChI=1S/C14H24N4O/c1-2-3-4-7-15-13-9-14(17-11-16-13)18-8-5-6-12(19)10-18/h9,11-12,19H,2-8,10H2,1H3,(H,15,16,17). The van der Waals surface area contributed by atoms with E-state index < -0.39 is 0 Å². The smallest absolute Gasteiger partial charge is 0.134 e. The van der Waals surface area contributed by atoms with Crippen molar-refractivity contribution in [3.05, 3.63) is 12.4 Å². The summed E-state index contributed by atoms with van der Waals surface area (Å²) < 4.78 is 0. The third-order valence-electron chi connectivity index (χ3n) is 3.46. The van der Waals surface area contributed by atoms with Gasteiger partial charge in [-0.15, -0.1) is 0 Å². The number of rotatable bonds is 6. The van der Waals surface area contributed by atoms with Crippen LogP contribution in [-0.2, 0) is 0 Å². The molecular formula is C14H24N4O. The van der Waals surface area contributed by atoms with Crippen molar-refractivity contribution >= 4 is 11.6 Å². The molecule has 0 aliphatic carbocycles. The molecule has 0 radical (unpaired) electrons.